The van der Waals surface area contributed by atoms with Crippen LogP contribution in [0, 0.1) is 0 Å². The standard InChI is InChI=1S/C14H21NO2S/c1-11(8-13(16)14-5-3-7-18-14)15-9-12-4-2-6-17-10-12/h3-5,7,11,13,15-16H,2,6,8-10H2,1H3. The summed E-state index contributed by atoms with van der Waals surface area (Å²) >= 11 is 1.61. The Bertz CT molecular complexity index is 375. The van der Waals surface area contributed by atoms with Crippen molar-refractivity contribution in [2.45, 2.75) is 31.9 Å². The van der Waals surface area contributed by atoms with Gasteiger partial charge in [0.15, 0.2) is 0 Å². The van der Waals surface area contributed by atoms with Gasteiger partial charge in [0.2, 0.25) is 0 Å². The molecule has 0 saturated heterocycles. The fraction of sp³-hybridized carbons (Fsp3) is 0.571. The Labute approximate surface area is 112 Å². The molecule has 1 aliphatic rings. The maximum absolute atomic E-state index is 10.0. The lowest BCUT2D eigenvalue weighted by atomic mass is 10.1. The van der Waals surface area contributed by atoms with Gasteiger partial charge in [0.1, 0.15) is 0 Å². The Balaban J connectivity index is 1.71. The zero-order valence-electron chi connectivity index (χ0n) is 10.8. The fourth-order valence-electron chi connectivity index (χ4n) is 2.05. The quantitative estimate of drug-likeness (QED) is 0.778. The Morgan fingerprint density at radius 1 is 1.56 bits per heavy atom. The van der Waals surface area contributed by atoms with Crippen molar-refractivity contribution in [3.8, 4) is 0 Å². The molecule has 1 aliphatic heterocycles. The molecule has 0 aliphatic carbocycles. The lowest BCUT2D eigenvalue weighted by Gasteiger charge is -2.20. The van der Waals surface area contributed by atoms with Crippen LogP contribution in [-0.2, 0) is 4.74 Å². The van der Waals surface area contributed by atoms with Crippen LogP contribution in [0.25, 0.3) is 0 Å². The van der Waals surface area contributed by atoms with Crippen LogP contribution in [0.2, 0.25) is 0 Å². The molecule has 0 aromatic carbocycles. The van der Waals surface area contributed by atoms with Crippen LogP contribution in [0.3, 0.4) is 0 Å². The summed E-state index contributed by atoms with van der Waals surface area (Å²) in [6.07, 6.45) is 3.65. The number of nitrogens with one attached hydrogen (secondary N) is 1. The maximum atomic E-state index is 10.0. The minimum Gasteiger partial charge on any atom is -0.388 e. The SMILES string of the molecule is CC(CC(O)c1cccs1)NCC1=CCCOC1. The number of thiophene rings is 1. The first-order valence-electron chi connectivity index (χ1n) is 6.46. The molecule has 0 radical (unpaired) electrons. The summed E-state index contributed by atoms with van der Waals surface area (Å²) in [5, 5.41) is 15.5. The van der Waals surface area contributed by atoms with E-state index in [9.17, 15) is 5.11 Å². The molecule has 0 fully saturated rings. The molecular weight excluding hydrogens is 246 g/mol. The average Bonchev–Trinajstić information content (AvgIpc) is 2.91. The van der Waals surface area contributed by atoms with Crippen LogP contribution in [0.1, 0.15) is 30.7 Å². The smallest absolute Gasteiger partial charge is 0.0896 e. The van der Waals surface area contributed by atoms with Gasteiger partial charge in [0.25, 0.3) is 0 Å². The highest BCUT2D eigenvalue weighted by Gasteiger charge is 2.13. The summed E-state index contributed by atoms with van der Waals surface area (Å²) in [5.74, 6) is 0. The average molecular weight is 267 g/mol. The topological polar surface area (TPSA) is 41.5 Å². The Kier molecular flexibility index (Phi) is 5.38. The zero-order chi connectivity index (χ0) is 12.8. The molecule has 3 nitrogen and oxygen atoms in total. The molecule has 18 heavy (non-hydrogen) atoms. The van der Waals surface area contributed by atoms with E-state index in [1.165, 1.54) is 5.57 Å². The van der Waals surface area contributed by atoms with Gasteiger partial charge >= 0.3 is 0 Å². The lowest BCUT2D eigenvalue weighted by Crippen LogP contribution is -2.31. The maximum Gasteiger partial charge on any atom is 0.0896 e. The van der Waals surface area contributed by atoms with Gasteiger partial charge in [-0.05, 0) is 36.8 Å². The number of rotatable bonds is 6. The summed E-state index contributed by atoms with van der Waals surface area (Å²) < 4.78 is 5.40. The van der Waals surface area contributed by atoms with Crippen LogP contribution in [-0.4, -0.2) is 30.9 Å². The molecule has 0 spiro atoms. The van der Waals surface area contributed by atoms with Crippen LogP contribution in [0.15, 0.2) is 29.2 Å². The van der Waals surface area contributed by atoms with Crippen molar-refractivity contribution in [2.24, 2.45) is 0 Å². The number of hydrogen-bond acceptors (Lipinski definition) is 4. The van der Waals surface area contributed by atoms with E-state index in [1.807, 2.05) is 17.5 Å². The molecule has 2 rings (SSSR count). The third kappa shape index (κ3) is 4.21. The van der Waals surface area contributed by atoms with E-state index in [0.717, 1.165) is 37.5 Å². The van der Waals surface area contributed by atoms with Gasteiger partial charge in [-0.25, -0.2) is 0 Å². The summed E-state index contributed by atoms with van der Waals surface area (Å²) in [7, 11) is 0. The van der Waals surface area contributed by atoms with Crippen LogP contribution in [0.5, 0.6) is 0 Å². The normalized spacial score (nSPS) is 19.3. The van der Waals surface area contributed by atoms with Gasteiger partial charge in [0.05, 0.1) is 19.3 Å². The highest BCUT2D eigenvalue weighted by Crippen LogP contribution is 2.22. The Hall–Kier alpha value is -0.680. The predicted molar refractivity (Wildman–Crippen MR) is 74.9 cm³/mol. The number of ether oxygens (including phenoxy) is 1. The van der Waals surface area contributed by atoms with Crippen molar-refractivity contribution in [3.05, 3.63) is 34.0 Å². The molecule has 1 aromatic heterocycles. The first kappa shape index (κ1) is 13.7. The zero-order valence-corrected chi connectivity index (χ0v) is 11.6. The highest BCUT2D eigenvalue weighted by atomic mass is 32.1. The third-order valence-corrected chi connectivity index (χ3v) is 4.08. The van der Waals surface area contributed by atoms with Crippen molar-refractivity contribution in [1.82, 2.24) is 5.32 Å². The van der Waals surface area contributed by atoms with Crippen molar-refractivity contribution in [1.29, 1.82) is 0 Å². The number of hydrogen-bond donors (Lipinski definition) is 2. The molecule has 1 aromatic rings. The third-order valence-electron chi connectivity index (χ3n) is 3.11. The van der Waals surface area contributed by atoms with Crippen molar-refractivity contribution >= 4 is 11.3 Å². The van der Waals surface area contributed by atoms with Crippen LogP contribution < -0.4 is 5.32 Å². The minimum atomic E-state index is -0.357. The monoisotopic (exact) mass is 267 g/mol. The second-order valence-corrected chi connectivity index (χ2v) is 5.73. The van der Waals surface area contributed by atoms with Gasteiger partial charge in [-0.2, -0.15) is 0 Å². The molecule has 0 bridgehead atoms. The molecule has 2 atom stereocenters. The van der Waals surface area contributed by atoms with Crippen LogP contribution in [0.4, 0.5) is 0 Å². The summed E-state index contributed by atoms with van der Waals surface area (Å²) in [6.45, 7) is 4.56. The molecule has 100 valence electrons. The predicted octanol–water partition coefficient (Wildman–Crippen LogP) is 2.50. The van der Waals surface area contributed by atoms with E-state index in [0.29, 0.717) is 6.04 Å². The molecule has 2 N–H and O–H groups in total. The first-order valence-corrected chi connectivity index (χ1v) is 7.34. The summed E-state index contributed by atoms with van der Waals surface area (Å²) in [6, 6.07) is 4.26. The largest absolute Gasteiger partial charge is 0.388 e. The van der Waals surface area contributed by atoms with E-state index in [4.69, 9.17) is 4.74 Å². The van der Waals surface area contributed by atoms with E-state index >= 15 is 0 Å². The Morgan fingerprint density at radius 3 is 3.11 bits per heavy atom. The van der Waals surface area contributed by atoms with E-state index in [1.54, 1.807) is 11.3 Å². The van der Waals surface area contributed by atoms with Crippen LogP contribution >= 0.6 is 11.3 Å². The van der Waals surface area contributed by atoms with E-state index in [-0.39, 0.29) is 6.10 Å². The first-order chi connectivity index (χ1) is 8.75. The van der Waals surface area contributed by atoms with E-state index in [2.05, 4.69) is 18.3 Å². The second kappa shape index (κ2) is 7.04. The number of aliphatic hydroxyl groups is 1. The van der Waals surface area contributed by atoms with Crippen molar-refractivity contribution in [2.75, 3.05) is 19.8 Å². The summed E-state index contributed by atoms with van der Waals surface area (Å²) in [5.41, 5.74) is 1.32. The van der Waals surface area contributed by atoms with Gasteiger partial charge < -0.3 is 15.2 Å². The molecular formula is C14H21NO2S. The lowest BCUT2D eigenvalue weighted by molar-refractivity contribution is 0.145. The highest BCUT2D eigenvalue weighted by molar-refractivity contribution is 7.10. The van der Waals surface area contributed by atoms with Gasteiger partial charge in [-0.15, -0.1) is 11.3 Å². The van der Waals surface area contributed by atoms with Crippen molar-refractivity contribution < 1.29 is 9.84 Å². The van der Waals surface area contributed by atoms with Gasteiger partial charge in [-0.1, -0.05) is 12.1 Å². The molecule has 2 heterocycles. The molecule has 4 heteroatoms. The number of aliphatic hydroxyl groups excluding tert-OH is 1. The second-order valence-electron chi connectivity index (χ2n) is 4.75. The fourth-order valence-corrected chi connectivity index (χ4v) is 2.78. The minimum absolute atomic E-state index is 0.296. The van der Waals surface area contributed by atoms with Gasteiger partial charge in [0, 0.05) is 17.5 Å². The summed E-state index contributed by atoms with van der Waals surface area (Å²) in [4.78, 5) is 1.05. The molecule has 0 saturated carbocycles. The van der Waals surface area contributed by atoms with E-state index < -0.39 is 0 Å². The molecule has 0 amide bonds. The molecule has 2 unspecified atom stereocenters. The Morgan fingerprint density at radius 2 is 2.44 bits per heavy atom. The van der Waals surface area contributed by atoms with Crippen molar-refractivity contribution in [3.63, 3.8) is 0 Å². The van der Waals surface area contributed by atoms with Gasteiger partial charge in [-0.3, -0.25) is 0 Å².